The van der Waals surface area contributed by atoms with Crippen molar-refractivity contribution in [1.82, 2.24) is 4.98 Å². The number of anilines is 1. The van der Waals surface area contributed by atoms with E-state index < -0.39 is 0 Å². The molecule has 0 unspecified atom stereocenters. The molecule has 3 nitrogen and oxygen atoms in total. The summed E-state index contributed by atoms with van der Waals surface area (Å²) < 4.78 is 1.09. The number of thiazole rings is 1. The molecule has 3 aromatic rings. The van der Waals surface area contributed by atoms with Crippen LogP contribution in [-0.2, 0) is 4.79 Å². The fraction of sp³-hybridized carbons (Fsp3) is 0.125. The Hall–Kier alpha value is -1.98. The van der Waals surface area contributed by atoms with Crippen LogP contribution in [0.4, 0.5) is 5.69 Å². The zero-order valence-corrected chi connectivity index (χ0v) is 13.3. The number of nitrogens with zero attached hydrogens (tertiary/aromatic N) is 1. The van der Waals surface area contributed by atoms with Gasteiger partial charge in [0.2, 0.25) is 5.91 Å². The van der Waals surface area contributed by atoms with E-state index in [0.717, 1.165) is 25.8 Å². The van der Waals surface area contributed by atoms with Crippen LogP contribution < -0.4 is 5.32 Å². The number of carbonyl (C=O) groups excluding carboxylic acids is 1. The average molecular weight is 314 g/mol. The van der Waals surface area contributed by atoms with Crippen LogP contribution in [0.3, 0.4) is 0 Å². The Bertz CT molecular complexity index is 830. The number of aromatic nitrogens is 1. The highest BCUT2D eigenvalue weighted by Gasteiger charge is 2.03. The molecular weight excluding hydrogens is 300 g/mol. The van der Waals surface area contributed by atoms with Gasteiger partial charge >= 0.3 is 0 Å². The van der Waals surface area contributed by atoms with Gasteiger partial charge in [-0.15, -0.1) is 22.7 Å². The third-order valence-corrected chi connectivity index (χ3v) is 4.82. The van der Waals surface area contributed by atoms with Gasteiger partial charge in [-0.1, -0.05) is 0 Å². The van der Waals surface area contributed by atoms with E-state index in [1.165, 1.54) is 4.88 Å². The van der Waals surface area contributed by atoms with Crippen molar-refractivity contribution < 1.29 is 4.79 Å². The Kier molecular flexibility index (Phi) is 3.86. The number of rotatable bonds is 3. The Labute approximate surface area is 131 Å². The topological polar surface area (TPSA) is 42.0 Å². The smallest absolute Gasteiger partial charge is 0.248 e. The first kappa shape index (κ1) is 14.0. The predicted molar refractivity (Wildman–Crippen MR) is 91.1 cm³/mol. The molecule has 0 atom stereocenters. The minimum atomic E-state index is -0.123. The number of fused-ring (bicyclic) bond motifs is 1. The summed E-state index contributed by atoms with van der Waals surface area (Å²) in [6.07, 6.45) is 3.40. The quantitative estimate of drug-likeness (QED) is 0.716. The normalized spacial score (nSPS) is 11.3. The lowest BCUT2D eigenvalue weighted by Gasteiger charge is -2.01. The predicted octanol–water partition coefficient (Wildman–Crippen LogP) is 4.63. The number of carbonyl (C=O) groups is 1. The molecule has 0 fully saturated rings. The van der Waals surface area contributed by atoms with E-state index in [4.69, 9.17) is 0 Å². The highest BCUT2D eigenvalue weighted by molar-refractivity contribution is 7.18. The van der Waals surface area contributed by atoms with Crippen LogP contribution in [0.15, 0.2) is 36.4 Å². The van der Waals surface area contributed by atoms with E-state index in [2.05, 4.69) is 10.3 Å². The van der Waals surface area contributed by atoms with E-state index >= 15 is 0 Å². The summed E-state index contributed by atoms with van der Waals surface area (Å²) in [5.74, 6) is -0.123. The van der Waals surface area contributed by atoms with E-state index in [-0.39, 0.29) is 5.91 Å². The summed E-state index contributed by atoms with van der Waals surface area (Å²) in [6.45, 7) is 4.03. The fourth-order valence-electron chi connectivity index (χ4n) is 2.00. The Morgan fingerprint density at radius 3 is 2.81 bits per heavy atom. The van der Waals surface area contributed by atoms with Gasteiger partial charge < -0.3 is 5.32 Å². The van der Waals surface area contributed by atoms with Crippen LogP contribution >= 0.6 is 22.7 Å². The van der Waals surface area contributed by atoms with Gasteiger partial charge in [-0.2, -0.15) is 0 Å². The standard InChI is InChI=1S/C16H14N2OS2/c1-10-3-5-13(20-10)6-8-16(19)18-12-4-7-14-15(9-12)21-11(2)17-14/h3-9H,1-2H3,(H,18,19)/b8-6+. The Morgan fingerprint density at radius 2 is 2.05 bits per heavy atom. The SMILES string of the molecule is Cc1ccc(/C=C/C(=O)Nc2ccc3nc(C)sc3c2)s1. The highest BCUT2D eigenvalue weighted by Crippen LogP contribution is 2.24. The summed E-state index contributed by atoms with van der Waals surface area (Å²) in [6, 6.07) is 9.82. The first-order chi connectivity index (χ1) is 10.1. The average Bonchev–Trinajstić information content (AvgIpc) is 3.01. The van der Waals surface area contributed by atoms with Crippen LogP contribution in [0, 0.1) is 13.8 Å². The Balaban J connectivity index is 1.72. The molecule has 0 saturated heterocycles. The lowest BCUT2D eigenvalue weighted by Crippen LogP contribution is -2.07. The van der Waals surface area contributed by atoms with Crippen LogP contribution in [0.5, 0.6) is 0 Å². The first-order valence-corrected chi connectivity index (χ1v) is 8.16. The van der Waals surface area contributed by atoms with Crippen molar-refractivity contribution in [3.63, 3.8) is 0 Å². The summed E-state index contributed by atoms with van der Waals surface area (Å²) in [7, 11) is 0. The lowest BCUT2D eigenvalue weighted by molar-refractivity contribution is -0.111. The first-order valence-electron chi connectivity index (χ1n) is 6.53. The number of amides is 1. The second-order valence-corrected chi connectivity index (χ2v) is 7.24. The number of hydrogen-bond acceptors (Lipinski definition) is 4. The van der Waals surface area contributed by atoms with Crippen molar-refractivity contribution in [2.24, 2.45) is 0 Å². The monoisotopic (exact) mass is 314 g/mol. The molecule has 0 radical (unpaired) electrons. The van der Waals surface area contributed by atoms with Gasteiger partial charge in [0, 0.05) is 21.5 Å². The van der Waals surface area contributed by atoms with Gasteiger partial charge in [0.25, 0.3) is 0 Å². The maximum Gasteiger partial charge on any atom is 0.248 e. The molecule has 2 heterocycles. The summed E-state index contributed by atoms with van der Waals surface area (Å²) in [5.41, 5.74) is 1.77. The summed E-state index contributed by atoms with van der Waals surface area (Å²) in [5, 5.41) is 3.91. The molecule has 1 aromatic carbocycles. The molecule has 0 aliphatic heterocycles. The molecule has 21 heavy (non-hydrogen) atoms. The summed E-state index contributed by atoms with van der Waals surface area (Å²) in [4.78, 5) is 18.7. The molecule has 106 valence electrons. The Morgan fingerprint density at radius 1 is 1.19 bits per heavy atom. The van der Waals surface area contributed by atoms with Gasteiger partial charge in [0.05, 0.1) is 15.2 Å². The molecule has 0 aliphatic rings. The van der Waals surface area contributed by atoms with Gasteiger partial charge in [-0.25, -0.2) is 4.98 Å². The number of benzene rings is 1. The van der Waals surface area contributed by atoms with Crippen molar-refractivity contribution in [3.8, 4) is 0 Å². The molecule has 0 bridgehead atoms. The minimum Gasteiger partial charge on any atom is -0.322 e. The van der Waals surface area contributed by atoms with Gasteiger partial charge in [-0.3, -0.25) is 4.79 Å². The van der Waals surface area contributed by atoms with Crippen molar-refractivity contribution in [1.29, 1.82) is 0 Å². The molecular formula is C16H14N2OS2. The number of hydrogen-bond donors (Lipinski definition) is 1. The van der Waals surface area contributed by atoms with E-state index in [1.807, 2.05) is 50.3 Å². The van der Waals surface area contributed by atoms with E-state index in [1.54, 1.807) is 28.7 Å². The van der Waals surface area contributed by atoms with E-state index in [0.29, 0.717) is 0 Å². The van der Waals surface area contributed by atoms with Crippen molar-refractivity contribution in [2.45, 2.75) is 13.8 Å². The van der Waals surface area contributed by atoms with Crippen molar-refractivity contribution in [3.05, 3.63) is 51.2 Å². The van der Waals surface area contributed by atoms with Crippen molar-refractivity contribution >= 4 is 50.6 Å². The third kappa shape index (κ3) is 3.37. The number of thiophene rings is 1. The number of nitrogens with one attached hydrogen (secondary N) is 1. The fourth-order valence-corrected chi connectivity index (χ4v) is 3.65. The molecule has 1 amide bonds. The molecule has 5 heteroatoms. The maximum absolute atomic E-state index is 11.9. The summed E-state index contributed by atoms with van der Waals surface area (Å²) >= 11 is 3.29. The van der Waals surface area contributed by atoms with Gasteiger partial charge in [0.1, 0.15) is 0 Å². The molecule has 0 saturated carbocycles. The van der Waals surface area contributed by atoms with Crippen LogP contribution in [0.25, 0.3) is 16.3 Å². The molecule has 1 N–H and O–H groups in total. The van der Waals surface area contributed by atoms with Gasteiger partial charge in [-0.05, 0) is 50.3 Å². The largest absolute Gasteiger partial charge is 0.322 e. The van der Waals surface area contributed by atoms with Crippen LogP contribution in [0.2, 0.25) is 0 Å². The van der Waals surface area contributed by atoms with Crippen LogP contribution in [0.1, 0.15) is 14.8 Å². The maximum atomic E-state index is 11.9. The number of aryl methyl sites for hydroxylation is 2. The lowest BCUT2D eigenvalue weighted by atomic mass is 10.3. The highest BCUT2D eigenvalue weighted by atomic mass is 32.1. The second kappa shape index (κ2) is 5.79. The molecule has 2 aromatic heterocycles. The minimum absolute atomic E-state index is 0.123. The van der Waals surface area contributed by atoms with Gasteiger partial charge in [0.15, 0.2) is 0 Å². The zero-order chi connectivity index (χ0) is 14.8. The molecule has 0 spiro atoms. The third-order valence-electron chi connectivity index (χ3n) is 2.92. The van der Waals surface area contributed by atoms with E-state index in [9.17, 15) is 4.79 Å². The second-order valence-electron chi connectivity index (χ2n) is 4.69. The van der Waals surface area contributed by atoms with Crippen LogP contribution in [-0.4, -0.2) is 10.9 Å². The zero-order valence-electron chi connectivity index (χ0n) is 11.7. The van der Waals surface area contributed by atoms with Crippen molar-refractivity contribution in [2.75, 3.05) is 5.32 Å². The molecule has 3 rings (SSSR count). The molecule has 0 aliphatic carbocycles.